The summed E-state index contributed by atoms with van der Waals surface area (Å²) in [5.74, 6) is -5.24. The number of carbonyl (C=O) groups excluding carboxylic acids is 1. The molecule has 31 heavy (non-hydrogen) atoms. The smallest absolute Gasteiger partial charge is 0.262 e. The molecular weight excluding hydrogens is 433 g/mol. The van der Waals surface area contributed by atoms with Gasteiger partial charge in [-0.3, -0.25) is 9.52 Å². The molecule has 0 spiro atoms. The predicted molar refractivity (Wildman–Crippen MR) is 109 cm³/mol. The first kappa shape index (κ1) is 22.2. The Hall–Kier alpha value is -3.53. The molecule has 0 unspecified atom stereocenters. The third-order valence-corrected chi connectivity index (χ3v) is 5.58. The van der Waals surface area contributed by atoms with Crippen LogP contribution in [0.5, 0.6) is 5.75 Å². The Kier molecular flexibility index (Phi) is 6.50. The monoisotopic (exact) mass is 450 g/mol. The van der Waals surface area contributed by atoms with Crippen LogP contribution < -0.4 is 14.8 Å². The van der Waals surface area contributed by atoms with E-state index in [0.717, 1.165) is 11.6 Å². The number of ether oxygens (including phenoxy) is 1. The second-order valence-corrected chi connectivity index (χ2v) is 8.13. The molecule has 1 amide bonds. The fourth-order valence-corrected chi connectivity index (χ4v) is 3.69. The lowest BCUT2D eigenvalue weighted by atomic mass is 10.2. The van der Waals surface area contributed by atoms with E-state index in [0.29, 0.717) is 11.8 Å². The molecule has 0 saturated heterocycles. The van der Waals surface area contributed by atoms with Crippen LogP contribution in [0.2, 0.25) is 0 Å². The van der Waals surface area contributed by atoms with E-state index in [9.17, 15) is 26.4 Å². The summed E-state index contributed by atoms with van der Waals surface area (Å²) >= 11 is 0. The van der Waals surface area contributed by atoms with Gasteiger partial charge in [0.1, 0.15) is 5.75 Å². The zero-order valence-electron chi connectivity index (χ0n) is 16.2. The summed E-state index contributed by atoms with van der Waals surface area (Å²) in [6, 6.07) is 13.7. The first-order valence-electron chi connectivity index (χ1n) is 8.92. The number of para-hydroxylation sites is 1. The van der Waals surface area contributed by atoms with Crippen LogP contribution in [0.25, 0.3) is 0 Å². The molecule has 10 heteroatoms. The molecule has 2 N–H and O–H groups in total. The minimum absolute atomic E-state index is 0.0172. The van der Waals surface area contributed by atoms with E-state index in [1.165, 1.54) is 24.3 Å². The van der Waals surface area contributed by atoms with Crippen molar-refractivity contribution >= 4 is 27.3 Å². The second-order valence-electron chi connectivity index (χ2n) is 6.45. The van der Waals surface area contributed by atoms with E-state index < -0.39 is 45.7 Å². The zero-order valence-corrected chi connectivity index (χ0v) is 17.0. The molecule has 0 heterocycles. The largest absolute Gasteiger partial charge is 0.484 e. The quantitative estimate of drug-likeness (QED) is 0.528. The second kappa shape index (κ2) is 9.09. The van der Waals surface area contributed by atoms with Crippen molar-refractivity contribution in [2.45, 2.75) is 11.8 Å². The number of benzene rings is 3. The standard InChI is InChI=1S/C21H17F3N2O4S/c1-13-4-2-3-5-17(13)26-31(28,29)15-8-6-14(7-9-15)30-12-19(27)25-18-11-10-16(22)20(23)21(18)24/h2-11,26H,12H2,1H3,(H,25,27). The van der Waals surface area contributed by atoms with Gasteiger partial charge in [-0.15, -0.1) is 0 Å². The Balaban J connectivity index is 1.61. The molecule has 0 fully saturated rings. The lowest BCUT2D eigenvalue weighted by Gasteiger charge is -2.11. The first-order chi connectivity index (χ1) is 14.7. The van der Waals surface area contributed by atoms with Crippen LogP contribution in [-0.2, 0) is 14.8 Å². The molecule has 162 valence electrons. The Morgan fingerprint density at radius 3 is 2.26 bits per heavy atom. The van der Waals surface area contributed by atoms with Gasteiger partial charge in [-0.1, -0.05) is 18.2 Å². The summed E-state index contributed by atoms with van der Waals surface area (Å²) in [6.07, 6.45) is 0. The summed E-state index contributed by atoms with van der Waals surface area (Å²) < 4.78 is 72.4. The number of nitrogens with one attached hydrogen (secondary N) is 2. The SMILES string of the molecule is Cc1ccccc1NS(=O)(=O)c1ccc(OCC(=O)Nc2ccc(F)c(F)c2F)cc1. The third kappa shape index (κ3) is 5.34. The van der Waals surface area contributed by atoms with Crippen molar-refractivity contribution in [2.75, 3.05) is 16.6 Å². The number of halogens is 3. The van der Waals surface area contributed by atoms with Crippen LogP contribution in [0.15, 0.2) is 65.6 Å². The predicted octanol–water partition coefficient (Wildman–Crippen LogP) is 4.23. The van der Waals surface area contributed by atoms with Gasteiger partial charge in [0.05, 0.1) is 16.3 Å². The van der Waals surface area contributed by atoms with Crippen molar-refractivity contribution in [1.29, 1.82) is 0 Å². The highest BCUT2D eigenvalue weighted by Crippen LogP contribution is 2.22. The Morgan fingerprint density at radius 2 is 1.58 bits per heavy atom. The molecular formula is C21H17F3N2O4S. The van der Waals surface area contributed by atoms with Crippen LogP contribution in [0.4, 0.5) is 24.5 Å². The molecule has 0 aliphatic heterocycles. The maximum atomic E-state index is 13.6. The molecule has 0 aliphatic carbocycles. The maximum Gasteiger partial charge on any atom is 0.262 e. The number of rotatable bonds is 7. The molecule has 0 atom stereocenters. The van der Waals surface area contributed by atoms with Gasteiger partial charge in [0.15, 0.2) is 24.1 Å². The van der Waals surface area contributed by atoms with Crippen molar-refractivity contribution < 1.29 is 31.1 Å². The van der Waals surface area contributed by atoms with E-state index >= 15 is 0 Å². The molecule has 6 nitrogen and oxygen atoms in total. The van der Waals surface area contributed by atoms with Crippen molar-refractivity contribution in [3.05, 3.63) is 83.7 Å². The maximum absolute atomic E-state index is 13.6. The number of amides is 1. The molecule has 3 aromatic rings. The summed E-state index contributed by atoms with van der Waals surface area (Å²) in [7, 11) is -3.83. The lowest BCUT2D eigenvalue weighted by Crippen LogP contribution is -2.21. The van der Waals surface area contributed by atoms with Crippen molar-refractivity contribution in [3.8, 4) is 5.75 Å². The lowest BCUT2D eigenvalue weighted by molar-refractivity contribution is -0.118. The molecule has 0 aromatic heterocycles. The van der Waals surface area contributed by atoms with Crippen LogP contribution in [0.1, 0.15) is 5.56 Å². The summed E-state index contributed by atoms with van der Waals surface area (Å²) in [6.45, 7) is 1.21. The van der Waals surface area contributed by atoms with E-state index in [1.54, 1.807) is 31.2 Å². The molecule has 0 saturated carbocycles. The number of aryl methyl sites for hydroxylation is 1. The number of sulfonamides is 1. The summed E-state index contributed by atoms with van der Waals surface area (Å²) in [5.41, 5.74) is 0.676. The average molecular weight is 450 g/mol. The van der Waals surface area contributed by atoms with Crippen LogP contribution in [0.3, 0.4) is 0 Å². The van der Waals surface area contributed by atoms with Crippen molar-refractivity contribution in [2.24, 2.45) is 0 Å². The van der Waals surface area contributed by atoms with E-state index in [1.807, 2.05) is 0 Å². The Labute approximate surface area is 176 Å². The van der Waals surface area contributed by atoms with Crippen molar-refractivity contribution in [1.82, 2.24) is 0 Å². The van der Waals surface area contributed by atoms with Crippen LogP contribution in [0, 0.1) is 24.4 Å². The highest BCUT2D eigenvalue weighted by Gasteiger charge is 2.17. The fraction of sp³-hybridized carbons (Fsp3) is 0.0952. The van der Waals surface area contributed by atoms with Gasteiger partial charge in [-0.2, -0.15) is 0 Å². The number of anilines is 2. The molecule has 0 bridgehead atoms. The van der Waals surface area contributed by atoms with E-state index in [4.69, 9.17) is 4.74 Å². The molecule has 0 radical (unpaired) electrons. The number of hydrogen-bond donors (Lipinski definition) is 2. The van der Waals surface area contributed by atoms with Crippen molar-refractivity contribution in [3.63, 3.8) is 0 Å². The van der Waals surface area contributed by atoms with Crippen LogP contribution >= 0.6 is 0 Å². The fourth-order valence-electron chi connectivity index (χ4n) is 2.56. The van der Waals surface area contributed by atoms with Gasteiger partial charge in [-0.05, 0) is 55.0 Å². The zero-order chi connectivity index (χ0) is 22.6. The minimum Gasteiger partial charge on any atom is -0.484 e. The highest BCUT2D eigenvalue weighted by atomic mass is 32.2. The summed E-state index contributed by atoms with van der Waals surface area (Å²) in [5, 5.41) is 2.07. The normalized spacial score (nSPS) is 11.1. The Bertz CT molecular complexity index is 1220. The van der Waals surface area contributed by atoms with Gasteiger partial charge in [0, 0.05) is 0 Å². The summed E-state index contributed by atoms with van der Waals surface area (Å²) in [4.78, 5) is 11.9. The Morgan fingerprint density at radius 1 is 0.903 bits per heavy atom. The molecule has 0 aliphatic rings. The molecule has 3 aromatic carbocycles. The average Bonchev–Trinajstić information content (AvgIpc) is 2.74. The van der Waals surface area contributed by atoms with Crippen LogP contribution in [-0.4, -0.2) is 20.9 Å². The highest BCUT2D eigenvalue weighted by molar-refractivity contribution is 7.92. The van der Waals surface area contributed by atoms with Gasteiger partial charge in [-0.25, -0.2) is 21.6 Å². The number of carbonyl (C=O) groups is 1. The van der Waals surface area contributed by atoms with Gasteiger partial charge in [0.2, 0.25) is 0 Å². The number of hydrogen-bond acceptors (Lipinski definition) is 4. The first-order valence-corrected chi connectivity index (χ1v) is 10.4. The van der Waals surface area contributed by atoms with Gasteiger partial charge >= 0.3 is 0 Å². The van der Waals surface area contributed by atoms with E-state index in [2.05, 4.69) is 10.0 Å². The van der Waals surface area contributed by atoms with E-state index in [-0.39, 0.29) is 10.6 Å². The topological polar surface area (TPSA) is 84.5 Å². The van der Waals surface area contributed by atoms with Gasteiger partial charge in [0.25, 0.3) is 15.9 Å². The molecule has 3 rings (SSSR count). The minimum atomic E-state index is -3.83. The third-order valence-electron chi connectivity index (χ3n) is 4.20. The van der Waals surface area contributed by atoms with Gasteiger partial charge < -0.3 is 10.1 Å².